The highest BCUT2D eigenvalue weighted by Crippen LogP contribution is 2.27. The zero-order valence-electron chi connectivity index (χ0n) is 12.0. The van der Waals surface area contributed by atoms with Crippen LogP contribution in [0.25, 0.3) is 0 Å². The normalized spacial score (nSPS) is 10.5. The van der Waals surface area contributed by atoms with Gasteiger partial charge in [0.2, 0.25) is 0 Å². The van der Waals surface area contributed by atoms with Crippen LogP contribution in [0.3, 0.4) is 0 Å². The standard InChI is InChI=1S/C15H13BrClN5O/c16-13-7-11(8-18-15-19-21-22-20-15)3-6-14(13)23-9-10-1-4-12(17)5-2-10/h1-7H,8-9H2,(H2,18,19,20,21,22). The van der Waals surface area contributed by atoms with Gasteiger partial charge in [0, 0.05) is 11.6 Å². The fourth-order valence-electron chi connectivity index (χ4n) is 1.93. The quantitative estimate of drug-likeness (QED) is 0.665. The highest BCUT2D eigenvalue weighted by molar-refractivity contribution is 9.10. The lowest BCUT2D eigenvalue weighted by Crippen LogP contribution is -2.02. The molecule has 1 heterocycles. The smallest absolute Gasteiger partial charge is 0.263 e. The molecule has 0 bridgehead atoms. The third-order valence-corrected chi connectivity index (χ3v) is 3.97. The Hall–Kier alpha value is -2.12. The number of rotatable bonds is 6. The van der Waals surface area contributed by atoms with Crippen LogP contribution in [-0.4, -0.2) is 20.6 Å². The Balaban J connectivity index is 1.59. The average molecular weight is 395 g/mol. The molecule has 6 nitrogen and oxygen atoms in total. The number of hydrogen-bond donors (Lipinski definition) is 2. The van der Waals surface area contributed by atoms with Gasteiger partial charge in [-0.25, -0.2) is 0 Å². The second kappa shape index (κ2) is 7.43. The zero-order chi connectivity index (χ0) is 16.1. The summed E-state index contributed by atoms with van der Waals surface area (Å²) in [4.78, 5) is 0. The summed E-state index contributed by atoms with van der Waals surface area (Å²) in [7, 11) is 0. The van der Waals surface area contributed by atoms with Crippen molar-refractivity contribution >= 4 is 33.5 Å². The first-order valence-electron chi connectivity index (χ1n) is 6.84. The van der Waals surface area contributed by atoms with E-state index in [0.717, 1.165) is 21.3 Å². The maximum absolute atomic E-state index is 5.87. The predicted molar refractivity (Wildman–Crippen MR) is 91.4 cm³/mol. The van der Waals surface area contributed by atoms with Gasteiger partial charge in [-0.3, -0.25) is 0 Å². The first kappa shape index (κ1) is 15.8. The van der Waals surface area contributed by atoms with E-state index in [9.17, 15) is 0 Å². The van der Waals surface area contributed by atoms with Crippen LogP contribution in [0.2, 0.25) is 5.02 Å². The summed E-state index contributed by atoms with van der Waals surface area (Å²) in [6.07, 6.45) is 0. The second-order valence-electron chi connectivity index (χ2n) is 4.77. The molecule has 2 aromatic carbocycles. The Labute approximate surface area is 146 Å². The molecule has 0 saturated heterocycles. The molecule has 8 heteroatoms. The van der Waals surface area contributed by atoms with E-state index < -0.39 is 0 Å². The first-order valence-corrected chi connectivity index (χ1v) is 8.01. The zero-order valence-corrected chi connectivity index (χ0v) is 14.3. The van der Waals surface area contributed by atoms with Gasteiger partial charge in [-0.05, 0) is 56.5 Å². The summed E-state index contributed by atoms with van der Waals surface area (Å²) in [6, 6.07) is 13.5. The third kappa shape index (κ3) is 4.43. The molecule has 0 spiro atoms. The van der Waals surface area contributed by atoms with E-state index in [4.69, 9.17) is 16.3 Å². The number of ether oxygens (including phenoxy) is 1. The van der Waals surface area contributed by atoms with Crippen molar-refractivity contribution < 1.29 is 4.74 Å². The number of hydrogen-bond acceptors (Lipinski definition) is 5. The number of tetrazole rings is 1. The van der Waals surface area contributed by atoms with Gasteiger partial charge >= 0.3 is 0 Å². The van der Waals surface area contributed by atoms with Crippen molar-refractivity contribution in [2.24, 2.45) is 0 Å². The van der Waals surface area contributed by atoms with Gasteiger partial charge in [0.15, 0.2) is 0 Å². The Morgan fingerprint density at radius 3 is 2.61 bits per heavy atom. The molecule has 0 unspecified atom stereocenters. The molecule has 2 N–H and O–H groups in total. The fourth-order valence-corrected chi connectivity index (χ4v) is 2.60. The largest absolute Gasteiger partial charge is 0.488 e. The van der Waals surface area contributed by atoms with Crippen molar-refractivity contribution in [3.8, 4) is 5.75 Å². The molecule has 3 aromatic rings. The molecule has 0 saturated carbocycles. The van der Waals surface area contributed by atoms with Crippen LogP contribution in [0.1, 0.15) is 11.1 Å². The summed E-state index contributed by atoms with van der Waals surface area (Å²) in [5, 5.41) is 17.3. The lowest BCUT2D eigenvalue weighted by molar-refractivity contribution is 0.304. The number of aromatic nitrogens is 4. The summed E-state index contributed by atoms with van der Waals surface area (Å²) in [5.41, 5.74) is 2.13. The molecule has 0 aliphatic carbocycles. The Kier molecular flexibility index (Phi) is 5.09. The monoisotopic (exact) mass is 393 g/mol. The van der Waals surface area contributed by atoms with E-state index in [2.05, 4.69) is 41.9 Å². The molecule has 0 atom stereocenters. The maximum Gasteiger partial charge on any atom is 0.263 e. The molecular weight excluding hydrogens is 382 g/mol. The number of nitrogens with zero attached hydrogens (tertiary/aromatic N) is 3. The van der Waals surface area contributed by atoms with Crippen molar-refractivity contribution in [2.75, 3.05) is 5.32 Å². The van der Waals surface area contributed by atoms with Crippen LogP contribution in [-0.2, 0) is 13.2 Å². The number of H-pyrrole nitrogens is 1. The third-order valence-electron chi connectivity index (χ3n) is 3.10. The number of halogens is 2. The van der Waals surface area contributed by atoms with E-state index in [1.807, 2.05) is 42.5 Å². The van der Waals surface area contributed by atoms with Crippen molar-refractivity contribution in [1.29, 1.82) is 0 Å². The van der Waals surface area contributed by atoms with E-state index >= 15 is 0 Å². The van der Waals surface area contributed by atoms with Crippen molar-refractivity contribution in [1.82, 2.24) is 20.6 Å². The lowest BCUT2D eigenvalue weighted by atomic mass is 10.2. The molecule has 23 heavy (non-hydrogen) atoms. The van der Waals surface area contributed by atoms with Crippen LogP contribution >= 0.6 is 27.5 Å². The Bertz CT molecular complexity index is 764. The van der Waals surface area contributed by atoms with Crippen LogP contribution in [0, 0.1) is 0 Å². The van der Waals surface area contributed by atoms with Gasteiger partial charge in [0.05, 0.1) is 4.47 Å². The van der Waals surface area contributed by atoms with Crippen LogP contribution in [0.15, 0.2) is 46.9 Å². The van der Waals surface area contributed by atoms with Crippen molar-refractivity contribution in [3.63, 3.8) is 0 Å². The van der Waals surface area contributed by atoms with Crippen LogP contribution < -0.4 is 10.1 Å². The highest BCUT2D eigenvalue weighted by atomic mass is 79.9. The van der Waals surface area contributed by atoms with Crippen LogP contribution in [0.5, 0.6) is 5.75 Å². The minimum Gasteiger partial charge on any atom is -0.488 e. The minimum absolute atomic E-state index is 0.462. The minimum atomic E-state index is 0.462. The molecule has 118 valence electrons. The van der Waals surface area contributed by atoms with Gasteiger partial charge in [-0.15, -0.1) is 5.10 Å². The van der Waals surface area contributed by atoms with Crippen LogP contribution in [0.4, 0.5) is 5.95 Å². The maximum atomic E-state index is 5.87. The SMILES string of the molecule is Clc1ccc(COc2ccc(CNc3nn[nH]n3)cc2Br)cc1. The molecule has 0 fully saturated rings. The fraction of sp³-hybridized carbons (Fsp3) is 0.133. The summed E-state index contributed by atoms with van der Waals surface area (Å²) < 4.78 is 6.71. The topological polar surface area (TPSA) is 75.7 Å². The van der Waals surface area contributed by atoms with Crippen molar-refractivity contribution in [3.05, 3.63) is 63.1 Å². The number of nitrogens with one attached hydrogen (secondary N) is 2. The van der Waals surface area contributed by atoms with E-state index in [0.29, 0.717) is 24.1 Å². The van der Waals surface area contributed by atoms with Gasteiger partial charge in [0.1, 0.15) is 12.4 Å². The number of anilines is 1. The van der Waals surface area contributed by atoms with Crippen molar-refractivity contribution in [2.45, 2.75) is 13.2 Å². The Morgan fingerprint density at radius 1 is 1.13 bits per heavy atom. The second-order valence-corrected chi connectivity index (χ2v) is 6.06. The van der Waals surface area contributed by atoms with Gasteiger partial charge in [0.25, 0.3) is 5.95 Å². The molecule has 0 aliphatic rings. The average Bonchev–Trinajstić information content (AvgIpc) is 3.07. The molecule has 0 radical (unpaired) electrons. The number of aromatic amines is 1. The number of benzene rings is 2. The molecule has 3 rings (SSSR count). The van der Waals surface area contributed by atoms with Gasteiger partial charge < -0.3 is 10.1 Å². The molecule has 1 aromatic heterocycles. The molecular formula is C15H13BrClN5O. The lowest BCUT2D eigenvalue weighted by Gasteiger charge is -2.10. The summed E-state index contributed by atoms with van der Waals surface area (Å²) >= 11 is 9.40. The summed E-state index contributed by atoms with van der Waals surface area (Å²) in [5.74, 6) is 1.24. The molecule has 0 aliphatic heterocycles. The summed E-state index contributed by atoms with van der Waals surface area (Å²) in [6.45, 7) is 1.08. The first-order chi connectivity index (χ1) is 11.2. The van der Waals surface area contributed by atoms with E-state index in [-0.39, 0.29) is 0 Å². The Morgan fingerprint density at radius 2 is 1.91 bits per heavy atom. The van der Waals surface area contributed by atoms with E-state index in [1.54, 1.807) is 0 Å². The van der Waals surface area contributed by atoms with Gasteiger partial charge in [-0.1, -0.05) is 34.9 Å². The van der Waals surface area contributed by atoms with Gasteiger partial charge in [-0.2, -0.15) is 5.21 Å². The molecule has 0 amide bonds. The van der Waals surface area contributed by atoms with E-state index in [1.165, 1.54) is 0 Å². The predicted octanol–water partition coefficient (Wildman–Crippen LogP) is 3.81. The highest BCUT2D eigenvalue weighted by Gasteiger charge is 2.05.